The topological polar surface area (TPSA) is 47.6 Å². The Kier molecular flexibility index (Phi) is 6.96. The molecule has 0 aliphatic heterocycles. The molecule has 0 aromatic heterocycles. The van der Waals surface area contributed by atoms with Crippen LogP contribution in [0.25, 0.3) is 0 Å². The summed E-state index contributed by atoms with van der Waals surface area (Å²) in [6, 6.07) is 7.75. The lowest BCUT2D eigenvalue weighted by molar-refractivity contribution is -0.137. The average molecular weight is 402 g/mol. The Hall–Kier alpha value is -2.41. The number of anilines is 1. The molecule has 1 amide bonds. The van der Waals surface area contributed by atoms with E-state index in [-0.39, 0.29) is 11.3 Å². The summed E-state index contributed by atoms with van der Waals surface area (Å²) in [5.74, 6) is 0.281. The Balaban J connectivity index is 2.18. The van der Waals surface area contributed by atoms with Gasteiger partial charge >= 0.3 is 6.18 Å². The first-order valence-corrected chi connectivity index (χ1v) is 8.63. The number of carbonyl (C=O) groups excluding carboxylic acids is 1. The molecule has 0 bridgehead atoms. The molecular weight excluding hydrogens is 383 g/mol. The van der Waals surface area contributed by atoms with Crippen molar-refractivity contribution in [2.45, 2.75) is 25.9 Å². The zero-order valence-electron chi connectivity index (χ0n) is 14.8. The standard InChI is InChI=1S/C19H19ClF3NO3/c1-3-4-9-27-16-8-5-12(10-17(16)26-2)18(25)24-13-6-7-15(20)14(11-13)19(21,22)23/h5-8,10-11H,3-4,9H2,1-2H3,(H,24,25). The number of benzene rings is 2. The van der Waals surface area contributed by atoms with E-state index in [0.717, 1.165) is 25.0 Å². The number of unbranched alkanes of at least 4 members (excludes halogenated alkanes) is 1. The third kappa shape index (κ3) is 5.53. The molecule has 0 radical (unpaired) electrons. The molecule has 0 unspecified atom stereocenters. The van der Waals surface area contributed by atoms with Crippen LogP contribution in [-0.4, -0.2) is 19.6 Å². The first-order valence-electron chi connectivity index (χ1n) is 8.25. The van der Waals surface area contributed by atoms with Gasteiger partial charge in [-0.05, 0) is 42.8 Å². The summed E-state index contributed by atoms with van der Waals surface area (Å²) in [6.07, 6.45) is -2.76. The average Bonchev–Trinajstić information content (AvgIpc) is 2.62. The lowest BCUT2D eigenvalue weighted by Gasteiger charge is -2.13. The smallest absolute Gasteiger partial charge is 0.417 e. The Labute approximate surface area is 160 Å². The number of ether oxygens (including phenoxy) is 2. The highest BCUT2D eigenvalue weighted by molar-refractivity contribution is 6.31. The molecule has 0 saturated carbocycles. The number of carbonyl (C=O) groups is 1. The lowest BCUT2D eigenvalue weighted by atomic mass is 10.1. The van der Waals surface area contributed by atoms with Crippen LogP contribution in [0.2, 0.25) is 5.02 Å². The largest absolute Gasteiger partial charge is 0.493 e. The number of rotatable bonds is 7. The van der Waals surface area contributed by atoms with Gasteiger partial charge in [-0.3, -0.25) is 4.79 Å². The van der Waals surface area contributed by atoms with E-state index in [2.05, 4.69) is 5.32 Å². The number of nitrogens with one attached hydrogen (secondary N) is 1. The number of alkyl halides is 3. The second kappa shape index (κ2) is 8.99. The zero-order valence-corrected chi connectivity index (χ0v) is 15.6. The molecule has 146 valence electrons. The molecule has 0 atom stereocenters. The van der Waals surface area contributed by atoms with E-state index in [4.69, 9.17) is 21.1 Å². The van der Waals surface area contributed by atoms with Crippen molar-refractivity contribution in [3.63, 3.8) is 0 Å². The van der Waals surface area contributed by atoms with Crippen LogP contribution in [0.5, 0.6) is 11.5 Å². The summed E-state index contributed by atoms with van der Waals surface area (Å²) in [5.41, 5.74) is -0.809. The van der Waals surface area contributed by atoms with Crippen LogP contribution in [0.4, 0.5) is 18.9 Å². The van der Waals surface area contributed by atoms with Gasteiger partial charge in [0.25, 0.3) is 5.91 Å². The van der Waals surface area contributed by atoms with Crippen molar-refractivity contribution in [3.05, 3.63) is 52.5 Å². The van der Waals surface area contributed by atoms with Gasteiger partial charge in [0.2, 0.25) is 0 Å². The third-order valence-corrected chi connectivity index (χ3v) is 4.04. The molecule has 0 fully saturated rings. The summed E-state index contributed by atoms with van der Waals surface area (Å²) in [7, 11) is 1.44. The summed E-state index contributed by atoms with van der Waals surface area (Å²) in [6.45, 7) is 2.55. The first kappa shape index (κ1) is 20.9. The maximum atomic E-state index is 12.9. The molecule has 4 nitrogen and oxygen atoms in total. The Bertz CT molecular complexity index is 809. The summed E-state index contributed by atoms with van der Waals surface area (Å²) >= 11 is 5.58. The van der Waals surface area contributed by atoms with Crippen molar-refractivity contribution >= 4 is 23.2 Å². The predicted octanol–water partition coefficient (Wildman–Crippen LogP) is 5.80. The van der Waals surface area contributed by atoms with Crippen molar-refractivity contribution in [1.29, 1.82) is 0 Å². The van der Waals surface area contributed by atoms with Gasteiger partial charge in [0, 0.05) is 11.3 Å². The Morgan fingerprint density at radius 3 is 2.52 bits per heavy atom. The molecule has 0 aliphatic carbocycles. The molecule has 0 aliphatic rings. The highest BCUT2D eigenvalue weighted by Gasteiger charge is 2.33. The number of amides is 1. The molecule has 8 heteroatoms. The predicted molar refractivity (Wildman–Crippen MR) is 97.8 cm³/mol. The minimum absolute atomic E-state index is 0.0148. The van der Waals surface area contributed by atoms with Crippen molar-refractivity contribution < 1.29 is 27.4 Å². The van der Waals surface area contributed by atoms with Gasteiger partial charge in [-0.25, -0.2) is 0 Å². The second-order valence-electron chi connectivity index (χ2n) is 5.71. The van der Waals surface area contributed by atoms with Crippen LogP contribution < -0.4 is 14.8 Å². The highest BCUT2D eigenvalue weighted by Crippen LogP contribution is 2.36. The van der Waals surface area contributed by atoms with Crippen LogP contribution in [0, 0.1) is 0 Å². The number of hydrogen-bond acceptors (Lipinski definition) is 3. The van der Waals surface area contributed by atoms with Crippen molar-refractivity contribution in [3.8, 4) is 11.5 Å². The van der Waals surface area contributed by atoms with Crippen LogP contribution in [0.3, 0.4) is 0 Å². The first-order chi connectivity index (χ1) is 12.8. The molecule has 27 heavy (non-hydrogen) atoms. The van der Waals surface area contributed by atoms with E-state index in [1.54, 1.807) is 6.07 Å². The van der Waals surface area contributed by atoms with Crippen LogP contribution >= 0.6 is 11.6 Å². The van der Waals surface area contributed by atoms with E-state index in [1.807, 2.05) is 6.92 Å². The Morgan fingerprint density at radius 1 is 1.15 bits per heavy atom. The van der Waals surface area contributed by atoms with Crippen molar-refractivity contribution in [1.82, 2.24) is 0 Å². The van der Waals surface area contributed by atoms with E-state index >= 15 is 0 Å². The second-order valence-corrected chi connectivity index (χ2v) is 6.12. The number of halogens is 4. The van der Waals surface area contributed by atoms with Gasteiger partial charge in [0.15, 0.2) is 11.5 Å². The van der Waals surface area contributed by atoms with Crippen LogP contribution in [-0.2, 0) is 6.18 Å². The highest BCUT2D eigenvalue weighted by atomic mass is 35.5. The number of methoxy groups -OCH3 is 1. The molecule has 1 N–H and O–H groups in total. The van der Waals surface area contributed by atoms with Crippen LogP contribution in [0.15, 0.2) is 36.4 Å². The molecular formula is C19H19ClF3NO3. The molecule has 0 heterocycles. The molecule has 2 aromatic rings. The van der Waals surface area contributed by atoms with E-state index in [0.29, 0.717) is 18.1 Å². The van der Waals surface area contributed by atoms with Gasteiger partial charge in [-0.2, -0.15) is 13.2 Å². The van der Waals surface area contributed by atoms with Gasteiger partial charge in [-0.15, -0.1) is 0 Å². The SMILES string of the molecule is CCCCOc1ccc(C(=O)Nc2ccc(Cl)c(C(F)(F)F)c2)cc1OC. The van der Waals surface area contributed by atoms with Gasteiger partial charge in [0.05, 0.1) is 24.3 Å². The fourth-order valence-corrected chi connectivity index (χ4v) is 2.50. The molecule has 2 rings (SSSR count). The minimum atomic E-state index is -4.61. The third-order valence-electron chi connectivity index (χ3n) is 3.71. The summed E-state index contributed by atoms with van der Waals surface area (Å²) < 4.78 is 49.6. The Morgan fingerprint density at radius 2 is 1.89 bits per heavy atom. The van der Waals surface area contributed by atoms with E-state index in [9.17, 15) is 18.0 Å². The number of hydrogen-bond donors (Lipinski definition) is 1. The zero-order chi connectivity index (χ0) is 20.0. The lowest BCUT2D eigenvalue weighted by Crippen LogP contribution is -2.14. The molecule has 0 spiro atoms. The van der Waals surface area contributed by atoms with Gasteiger partial charge < -0.3 is 14.8 Å². The minimum Gasteiger partial charge on any atom is -0.493 e. The summed E-state index contributed by atoms with van der Waals surface area (Å²) in [4.78, 5) is 12.4. The van der Waals surface area contributed by atoms with E-state index in [1.165, 1.54) is 25.3 Å². The monoisotopic (exact) mass is 401 g/mol. The normalized spacial score (nSPS) is 11.2. The molecule has 0 saturated heterocycles. The summed E-state index contributed by atoms with van der Waals surface area (Å²) in [5, 5.41) is 1.99. The van der Waals surface area contributed by atoms with Gasteiger partial charge in [-0.1, -0.05) is 24.9 Å². The van der Waals surface area contributed by atoms with E-state index < -0.39 is 22.7 Å². The molecule has 2 aromatic carbocycles. The fraction of sp³-hybridized carbons (Fsp3) is 0.316. The maximum absolute atomic E-state index is 12.9. The van der Waals surface area contributed by atoms with Gasteiger partial charge in [0.1, 0.15) is 0 Å². The van der Waals surface area contributed by atoms with Crippen LogP contribution in [0.1, 0.15) is 35.7 Å². The fourth-order valence-electron chi connectivity index (χ4n) is 2.28. The van der Waals surface area contributed by atoms with Crippen molar-refractivity contribution in [2.24, 2.45) is 0 Å². The maximum Gasteiger partial charge on any atom is 0.417 e. The quantitative estimate of drug-likeness (QED) is 0.596. The van der Waals surface area contributed by atoms with Crippen molar-refractivity contribution in [2.75, 3.05) is 19.0 Å².